The highest BCUT2D eigenvalue weighted by Gasteiger charge is 2.55. The van der Waals surface area contributed by atoms with Crippen LogP contribution in [0.15, 0.2) is 47.2 Å². The molecule has 0 aliphatic heterocycles. The fourth-order valence-electron chi connectivity index (χ4n) is 6.43. The van der Waals surface area contributed by atoms with Crippen LogP contribution < -0.4 is 5.73 Å². The maximum Gasteiger partial charge on any atom is 0.255 e. The summed E-state index contributed by atoms with van der Waals surface area (Å²) in [6, 6.07) is 6.77. The number of primary amides is 1. The van der Waals surface area contributed by atoms with Crippen molar-refractivity contribution in [3.05, 3.63) is 69.7 Å². The molecule has 0 saturated heterocycles. The van der Waals surface area contributed by atoms with Crippen LogP contribution in [0.3, 0.4) is 0 Å². The Morgan fingerprint density at radius 2 is 1.78 bits per heavy atom. The number of aromatic hydroxyl groups is 1. The summed E-state index contributed by atoms with van der Waals surface area (Å²) in [5.74, 6) is -6.72. The quantitative estimate of drug-likeness (QED) is 0.370. The van der Waals surface area contributed by atoms with Crippen LogP contribution in [0.4, 0.5) is 4.39 Å². The highest BCUT2D eigenvalue weighted by Crippen LogP contribution is 2.51. The van der Waals surface area contributed by atoms with E-state index in [0.717, 1.165) is 0 Å². The Balaban J connectivity index is 1.69. The van der Waals surface area contributed by atoms with Crippen molar-refractivity contribution in [3.63, 3.8) is 0 Å². The number of allylic oxidation sites excluding steroid dienone is 1. The van der Waals surface area contributed by atoms with Gasteiger partial charge in [-0.15, -0.1) is 0 Å². The standard InChI is InChI=1S/C28H27FN2O6/c1-11-6-12(8-14(29)7-11)15-4-5-18(32)20-16(15)9-13-10-17-21(25(34)19(13)24(20)33)26(35)22(28(30)37)27(36)23(17)31(2)3/h4-8,13,17,21,23,32-33,36H,9-10H2,1-3H3,(H2,30,37)/t13?,17?,21?,23-/m0/s1. The number of phenolic OH excluding ortho intramolecular Hbond substituents is 1. The molecule has 3 aliphatic carbocycles. The minimum absolute atomic E-state index is 0.00712. The van der Waals surface area contributed by atoms with E-state index in [1.165, 1.54) is 18.2 Å². The fraction of sp³-hybridized carbons (Fsp3) is 0.321. The second-order valence-electron chi connectivity index (χ2n) is 10.3. The fourth-order valence-corrected chi connectivity index (χ4v) is 6.43. The molecular formula is C28H27FN2O6. The van der Waals surface area contributed by atoms with Gasteiger partial charge in [-0.25, -0.2) is 4.39 Å². The first-order valence-electron chi connectivity index (χ1n) is 12.0. The molecule has 3 unspecified atom stereocenters. The van der Waals surface area contributed by atoms with Crippen LogP contribution in [-0.4, -0.2) is 57.8 Å². The largest absolute Gasteiger partial charge is 0.510 e. The second-order valence-corrected chi connectivity index (χ2v) is 10.3. The van der Waals surface area contributed by atoms with Gasteiger partial charge < -0.3 is 21.1 Å². The number of phenols is 1. The number of aliphatic hydroxyl groups excluding tert-OH is 2. The molecule has 192 valence electrons. The van der Waals surface area contributed by atoms with Crippen LogP contribution in [0.1, 0.15) is 23.1 Å². The summed E-state index contributed by atoms with van der Waals surface area (Å²) >= 11 is 0. The third kappa shape index (κ3) is 3.64. The molecule has 1 saturated carbocycles. The molecule has 3 aliphatic rings. The van der Waals surface area contributed by atoms with E-state index in [0.29, 0.717) is 22.3 Å². The molecule has 2 aromatic rings. The summed E-state index contributed by atoms with van der Waals surface area (Å²) in [5.41, 5.74) is 7.29. The Labute approximate surface area is 212 Å². The number of Topliss-reactive ketones (excluding diaryl/α,β-unsaturated/α-hetero) is 2. The van der Waals surface area contributed by atoms with E-state index in [2.05, 4.69) is 0 Å². The highest BCUT2D eigenvalue weighted by molar-refractivity contribution is 6.28. The number of amides is 1. The zero-order valence-electron chi connectivity index (χ0n) is 20.6. The van der Waals surface area contributed by atoms with Crippen molar-refractivity contribution in [2.75, 3.05) is 14.1 Å². The van der Waals surface area contributed by atoms with E-state index in [1.54, 1.807) is 38.1 Å². The van der Waals surface area contributed by atoms with Crippen molar-refractivity contribution >= 4 is 23.2 Å². The first kappa shape index (κ1) is 24.7. The molecule has 37 heavy (non-hydrogen) atoms. The second kappa shape index (κ2) is 8.55. The van der Waals surface area contributed by atoms with Crippen LogP contribution >= 0.6 is 0 Å². The molecule has 9 heteroatoms. The van der Waals surface area contributed by atoms with Gasteiger partial charge in [-0.3, -0.25) is 19.3 Å². The van der Waals surface area contributed by atoms with Gasteiger partial charge in [-0.05, 0) is 86.1 Å². The Morgan fingerprint density at radius 1 is 1.08 bits per heavy atom. The Kier molecular flexibility index (Phi) is 5.71. The van der Waals surface area contributed by atoms with Gasteiger partial charge >= 0.3 is 0 Å². The molecule has 8 nitrogen and oxygen atoms in total. The molecule has 0 heterocycles. The lowest BCUT2D eigenvalue weighted by atomic mass is 9.59. The maximum atomic E-state index is 14.2. The van der Waals surface area contributed by atoms with Crippen LogP contribution in [0.5, 0.6) is 5.75 Å². The third-order valence-electron chi connectivity index (χ3n) is 7.80. The lowest BCUT2D eigenvalue weighted by Crippen LogP contribution is -2.55. The van der Waals surface area contributed by atoms with Gasteiger partial charge in [0.15, 0.2) is 11.6 Å². The monoisotopic (exact) mass is 506 g/mol. The zero-order chi connectivity index (χ0) is 26.9. The number of hydrogen-bond acceptors (Lipinski definition) is 7. The number of ketones is 2. The van der Waals surface area contributed by atoms with Crippen molar-refractivity contribution in [2.24, 2.45) is 23.5 Å². The van der Waals surface area contributed by atoms with Gasteiger partial charge in [0.1, 0.15) is 28.7 Å². The Morgan fingerprint density at radius 3 is 2.41 bits per heavy atom. The topological polar surface area (TPSA) is 141 Å². The van der Waals surface area contributed by atoms with Crippen molar-refractivity contribution in [3.8, 4) is 16.9 Å². The van der Waals surface area contributed by atoms with Crippen molar-refractivity contribution in [2.45, 2.75) is 25.8 Å². The maximum absolute atomic E-state index is 14.2. The Hall–Kier alpha value is -3.98. The molecule has 1 fully saturated rings. The predicted octanol–water partition coefficient (Wildman–Crippen LogP) is 2.96. The molecule has 0 aromatic heterocycles. The number of carbonyl (C=O) groups excluding carboxylic acids is 3. The smallest absolute Gasteiger partial charge is 0.255 e. The zero-order valence-corrected chi connectivity index (χ0v) is 20.6. The van der Waals surface area contributed by atoms with Crippen molar-refractivity contribution in [1.29, 1.82) is 0 Å². The van der Waals surface area contributed by atoms with Crippen LogP contribution in [-0.2, 0) is 20.8 Å². The van der Waals surface area contributed by atoms with E-state index in [4.69, 9.17) is 5.73 Å². The summed E-state index contributed by atoms with van der Waals surface area (Å²) in [7, 11) is 3.33. The molecule has 4 atom stereocenters. The number of nitrogens with zero attached hydrogens (tertiary/aromatic N) is 1. The van der Waals surface area contributed by atoms with Gasteiger partial charge in [0, 0.05) is 5.57 Å². The number of aliphatic hydroxyl groups is 2. The normalized spacial score (nSPS) is 25.2. The van der Waals surface area contributed by atoms with Gasteiger partial charge in [-0.1, -0.05) is 12.1 Å². The number of fused-ring (bicyclic) bond motifs is 3. The van der Waals surface area contributed by atoms with E-state index >= 15 is 0 Å². The van der Waals surface area contributed by atoms with Crippen LogP contribution in [0.2, 0.25) is 0 Å². The predicted molar refractivity (Wildman–Crippen MR) is 133 cm³/mol. The van der Waals surface area contributed by atoms with E-state index < -0.39 is 64.2 Å². The highest BCUT2D eigenvalue weighted by atomic mass is 19.1. The SMILES string of the molecule is Cc1cc(F)cc(-c2ccc(O)c3c2CC2CC4C(C(=O)C(C(N)=O)=C(O)[C@H]4N(C)C)C(=O)C2=C3O)c1. The molecule has 0 spiro atoms. The lowest BCUT2D eigenvalue weighted by Gasteiger charge is -2.46. The lowest BCUT2D eigenvalue weighted by molar-refractivity contribution is -0.136. The number of hydrogen-bond donors (Lipinski definition) is 4. The molecule has 2 aromatic carbocycles. The number of halogens is 1. The van der Waals surface area contributed by atoms with Gasteiger partial charge in [-0.2, -0.15) is 0 Å². The van der Waals surface area contributed by atoms with E-state index in [9.17, 15) is 34.1 Å². The minimum Gasteiger partial charge on any atom is -0.510 e. The van der Waals surface area contributed by atoms with E-state index in [1.807, 2.05) is 0 Å². The molecule has 5 N–H and O–H groups in total. The number of benzene rings is 2. The molecule has 1 amide bonds. The summed E-state index contributed by atoms with van der Waals surface area (Å²) < 4.78 is 14.2. The number of rotatable bonds is 3. The summed E-state index contributed by atoms with van der Waals surface area (Å²) in [6.07, 6.45) is 0.488. The Bertz CT molecular complexity index is 1440. The number of carbonyl (C=O) groups is 3. The number of nitrogens with two attached hydrogens (primary N) is 1. The number of aryl methyl sites for hydroxylation is 1. The summed E-state index contributed by atoms with van der Waals surface area (Å²) in [5, 5.41) is 32.8. The average Bonchev–Trinajstić information content (AvgIpc) is 2.77. The van der Waals surface area contributed by atoms with Gasteiger partial charge in [0.25, 0.3) is 5.91 Å². The molecule has 0 radical (unpaired) electrons. The average molecular weight is 507 g/mol. The third-order valence-corrected chi connectivity index (χ3v) is 7.80. The van der Waals surface area contributed by atoms with Crippen molar-refractivity contribution < 1.29 is 34.1 Å². The molecule has 5 rings (SSSR count). The molecule has 0 bridgehead atoms. The van der Waals surface area contributed by atoms with Crippen LogP contribution in [0.25, 0.3) is 16.9 Å². The van der Waals surface area contributed by atoms with Crippen LogP contribution in [0, 0.1) is 30.5 Å². The molecular weight excluding hydrogens is 479 g/mol. The number of likely N-dealkylation sites (N-methyl/N-ethyl adjacent to an activating group) is 1. The van der Waals surface area contributed by atoms with Gasteiger partial charge in [0.2, 0.25) is 0 Å². The first-order chi connectivity index (χ1) is 17.4. The first-order valence-corrected chi connectivity index (χ1v) is 12.0. The van der Waals surface area contributed by atoms with E-state index in [-0.39, 0.29) is 29.7 Å². The van der Waals surface area contributed by atoms with Crippen molar-refractivity contribution in [1.82, 2.24) is 4.90 Å². The van der Waals surface area contributed by atoms with Gasteiger partial charge in [0.05, 0.1) is 17.5 Å². The summed E-state index contributed by atoms with van der Waals surface area (Å²) in [4.78, 5) is 40.7. The minimum atomic E-state index is -1.31. The summed E-state index contributed by atoms with van der Waals surface area (Å²) in [6.45, 7) is 1.76.